The van der Waals surface area contributed by atoms with E-state index in [0.717, 1.165) is 22.3 Å². The second-order valence-electron chi connectivity index (χ2n) is 8.68. The van der Waals surface area contributed by atoms with E-state index in [1.54, 1.807) is 19.2 Å². The third-order valence-electron chi connectivity index (χ3n) is 5.94. The van der Waals surface area contributed by atoms with Crippen LogP contribution in [0.4, 0.5) is 4.79 Å². The van der Waals surface area contributed by atoms with E-state index < -0.39 is 18.1 Å². The molecule has 3 N–H and O–H groups in total. The van der Waals surface area contributed by atoms with Gasteiger partial charge in [0.2, 0.25) is 0 Å². The minimum atomic E-state index is -0.907. The van der Waals surface area contributed by atoms with Gasteiger partial charge in [0, 0.05) is 24.3 Å². The number of amides is 2. The zero-order chi connectivity index (χ0) is 24.9. The maximum Gasteiger partial charge on any atom is 0.407 e. The summed E-state index contributed by atoms with van der Waals surface area (Å²) in [4.78, 5) is 39.9. The second-order valence-corrected chi connectivity index (χ2v) is 9.57. The maximum absolute atomic E-state index is 12.5. The number of carbonyl (C=O) groups is 3. The highest BCUT2D eigenvalue weighted by Crippen LogP contribution is 2.44. The lowest BCUT2D eigenvalue weighted by molar-refractivity contribution is -0.137. The lowest BCUT2D eigenvalue weighted by Crippen LogP contribution is -2.30. The molecule has 0 spiro atoms. The molecule has 2 atom stereocenters. The molecule has 2 amide bonds. The Kier molecular flexibility index (Phi) is 7.45. The van der Waals surface area contributed by atoms with Gasteiger partial charge in [0.05, 0.1) is 6.04 Å². The Morgan fingerprint density at radius 1 is 1.06 bits per heavy atom. The Labute approximate surface area is 207 Å². The van der Waals surface area contributed by atoms with Crippen molar-refractivity contribution >= 4 is 29.3 Å². The van der Waals surface area contributed by atoms with Crippen molar-refractivity contribution < 1.29 is 24.2 Å². The highest BCUT2D eigenvalue weighted by atomic mass is 32.1. The fourth-order valence-electron chi connectivity index (χ4n) is 4.20. The van der Waals surface area contributed by atoms with Crippen LogP contribution >= 0.6 is 11.3 Å². The number of hydrogen-bond acceptors (Lipinski definition) is 6. The normalized spacial score (nSPS) is 13.9. The SMILES string of the molecule is CC(CNC(=O)c1csc(C(C)NC(=O)OCC2c3ccccc3-c3ccccc32)n1)CC(=O)O. The Bertz CT molecular complexity index is 1200. The number of fused-ring (bicyclic) bond motifs is 3. The molecule has 0 saturated heterocycles. The largest absolute Gasteiger partial charge is 0.481 e. The van der Waals surface area contributed by atoms with E-state index >= 15 is 0 Å². The van der Waals surface area contributed by atoms with E-state index in [2.05, 4.69) is 39.9 Å². The number of thiazole rings is 1. The van der Waals surface area contributed by atoms with Crippen LogP contribution in [0.3, 0.4) is 0 Å². The molecular formula is C26H27N3O5S. The third kappa shape index (κ3) is 5.68. The summed E-state index contributed by atoms with van der Waals surface area (Å²) >= 11 is 1.26. The number of carboxylic acids is 1. The van der Waals surface area contributed by atoms with Crippen LogP contribution in [0.5, 0.6) is 0 Å². The van der Waals surface area contributed by atoms with E-state index in [0.29, 0.717) is 5.01 Å². The Hall–Kier alpha value is -3.72. The maximum atomic E-state index is 12.5. The summed E-state index contributed by atoms with van der Waals surface area (Å²) in [6.07, 6.45) is -0.577. The molecule has 1 heterocycles. The van der Waals surface area contributed by atoms with Gasteiger partial charge in [-0.15, -0.1) is 11.3 Å². The average Bonchev–Trinajstić information content (AvgIpc) is 3.45. The van der Waals surface area contributed by atoms with Crippen molar-refractivity contribution in [3.05, 3.63) is 75.7 Å². The molecule has 1 aliphatic rings. The lowest BCUT2D eigenvalue weighted by atomic mass is 9.98. The summed E-state index contributed by atoms with van der Waals surface area (Å²) in [5, 5.41) is 16.5. The van der Waals surface area contributed by atoms with Gasteiger partial charge < -0.3 is 20.5 Å². The minimum Gasteiger partial charge on any atom is -0.481 e. The number of hydrogen-bond donors (Lipinski definition) is 3. The van der Waals surface area contributed by atoms with E-state index in [9.17, 15) is 14.4 Å². The summed E-state index contributed by atoms with van der Waals surface area (Å²) in [6, 6.07) is 15.8. The summed E-state index contributed by atoms with van der Waals surface area (Å²) in [6.45, 7) is 3.98. The highest BCUT2D eigenvalue weighted by molar-refractivity contribution is 7.09. The molecule has 182 valence electrons. The number of benzene rings is 2. The molecule has 4 rings (SSSR count). The second kappa shape index (κ2) is 10.7. The van der Waals surface area contributed by atoms with Crippen molar-refractivity contribution in [2.24, 2.45) is 5.92 Å². The molecule has 0 radical (unpaired) electrons. The molecule has 3 aromatic rings. The molecule has 0 fully saturated rings. The number of ether oxygens (including phenoxy) is 1. The zero-order valence-corrected chi connectivity index (χ0v) is 20.3. The molecule has 2 unspecified atom stereocenters. The van der Waals surface area contributed by atoms with Crippen LogP contribution in [-0.4, -0.2) is 41.2 Å². The van der Waals surface area contributed by atoms with Crippen LogP contribution in [0.15, 0.2) is 53.9 Å². The topological polar surface area (TPSA) is 118 Å². The number of rotatable bonds is 9. The standard InChI is InChI=1S/C26H27N3O5S/c1-15(11-23(30)31)12-27-24(32)22-14-35-25(29-22)16(2)28-26(33)34-13-21-19-9-5-3-7-17(19)18-8-4-6-10-20(18)21/h3-10,14-16,21H,11-13H2,1-2H3,(H,27,32)(H,28,33)(H,30,31). The van der Waals surface area contributed by atoms with Gasteiger partial charge in [-0.3, -0.25) is 9.59 Å². The third-order valence-corrected chi connectivity index (χ3v) is 6.96. The highest BCUT2D eigenvalue weighted by Gasteiger charge is 2.29. The van der Waals surface area contributed by atoms with Crippen molar-refractivity contribution in [1.29, 1.82) is 0 Å². The number of nitrogens with one attached hydrogen (secondary N) is 2. The minimum absolute atomic E-state index is 0.0241. The quantitative estimate of drug-likeness (QED) is 0.402. The van der Waals surface area contributed by atoms with Crippen molar-refractivity contribution in [2.45, 2.75) is 32.2 Å². The number of carboxylic acid groups (broad SMARTS) is 1. The van der Waals surface area contributed by atoms with Crippen molar-refractivity contribution in [2.75, 3.05) is 13.2 Å². The van der Waals surface area contributed by atoms with E-state index in [1.807, 2.05) is 24.3 Å². The van der Waals surface area contributed by atoms with Crippen LogP contribution in [-0.2, 0) is 9.53 Å². The van der Waals surface area contributed by atoms with Gasteiger partial charge >= 0.3 is 12.1 Å². The molecule has 0 aliphatic heterocycles. The number of alkyl carbamates (subject to hydrolysis) is 1. The van der Waals surface area contributed by atoms with Crippen LogP contribution < -0.4 is 10.6 Å². The van der Waals surface area contributed by atoms with Gasteiger partial charge in [-0.25, -0.2) is 9.78 Å². The molecule has 9 heteroatoms. The predicted octanol–water partition coefficient (Wildman–Crippen LogP) is 4.58. The smallest absolute Gasteiger partial charge is 0.407 e. The van der Waals surface area contributed by atoms with Gasteiger partial charge in [0.1, 0.15) is 17.3 Å². The molecule has 2 aromatic carbocycles. The van der Waals surface area contributed by atoms with E-state index in [-0.39, 0.29) is 43.0 Å². The first-order valence-corrected chi connectivity index (χ1v) is 12.3. The zero-order valence-electron chi connectivity index (χ0n) is 19.5. The number of nitrogens with zero attached hydrogens (tertiary/aromatic N) is 1. The van der Waals surface area contributed by atoms with Gasteiger partial charge in [-0.2, -0.15) is 0 Å². The van der Waals surface area contributed by atoms with Gasteiger partial charge in [-0.1, -0.05) is 55.5 Å². The monoisotopic (exact) mass is 493 g/mol. The summed E-state index contributed by atoms with van der Waals surface area (Å²) in [7, 11) is 0. The van der Waals surface area contributed by atoms with Crippen LogP contribution in [0.25, 0.3) is 11.1 Å². The predicted molar refractivity (Wildman–Crippen MR) is 132 cm³/mol. The summed E-state index contributed by atoms with van der Waals surface area (Å²) in [5.41, 5.74) is 4.84. The summed E-state index contributed by atoms with van der Waals surface area (Å²) < 4.78 is 5.58. The van der Waals surface area contributed by atoms with Crippen molar-refractivity contribution in [1.82, 2.24) is 15.6 Å². The van der Waals surface area contributed by atoms with Crippen LogP contribution in [0, 0.1) is 5.92 Å². The number of carbonyl (C=O) groups excluding carboxylic acids is 2. The number of aromatic nitrogens is 1. The fourth-order valence-corrected chi connectivity index (χ4v) is 5.00. The molecular weight excluding hydrogens is 466 g/mol. The van der Waals surface area contributed by atoms with E-state index in [1.165, 1.54) is 11.3 Å². The average molecular weight is 494 g/mol. The Morgan fingerprint density at radius 2 is 1.69 bits per heavy atom. The molecule has 1 aliphatic carbocycles. The molecule has 0 saturated carbocycles. The fraction of sp³-hybridized carbons (Fsp3) is 0.308. The van der Waals surface area contributed by atoms with E-state index in [4.69, 9.17) is 9.84 Å². The van der Waals surface area contributed by atoms with Crippen LogP contribution in [0.2, 0.25) is 0 Å². The van der Waals surface area contributed by atoms with Crippen molar-refractivity contribution in [3.63, 3.8) is 0 Å². The molecule has 1 aromatic heterocycles. The molecule has 8 nitrogen and oxygen atoms in total. The van der Waals surface area contributed by atoms with Gasteiger partial charge in [0.25, 0.3) is 5.91 Å². The first-order chi connectivity index (χ1) is 16.8. The first kappa shape index (κ1) is 24.4. The summed E-state index contributed by atoms with van der Waals surface area (Å²) in [5.74, 6) is -1.50. The molecule has 35 heavy (non-hydrogen) atoms. The van der Waals surface area contributed by atoms with Gasteiger partial charge in [0.15, 0.2) is 0 Å². The molecule has 0 bridgehead atoms. The Morgan fingerprint density at radius 3 is 2.31 bits per heavy atom. The first-order valence-electron chi connectivity index (χ1n) is 11.4. The Balaban J connectivity index is 1.31. The van der Waals surface area contributed by atoms with Gasteiger partial charge in [-0.05, 0) is 35.1 Å². The number of aliphatic carboxylic acids is 1. The lowest BCUT2D eigenvalue weighted by Gasteiger charge is -2.16. The van der Waals surface area contributed by atoms with Crippen molar-refractivity contribution in [3.8, 4) is 11.1 Å². The van der Waals surface area contributed by atoms with Crippen LogP contribution in [0.1, 0.15) is 58.9 Å².